The standard InChI is InChI=1S/C14H15N3O3S/c15-12(18)8-21-13-10-4-1-5-11(10)17(14(19)16-13)7-9-3-2-6-20-9/h2-3,6H,1,4-5,7-8H2,(H2,15,18). The van der Waals surface area contributed by atoms with Gasteiger partial charge in [0.05, 0.1) is 18.6 Å². The molecule has 0 spiro atoms. The van der Waals surface area contributed by atoms with Crippen molar-refractivity contribution in [3.8, 4) is 0 Å². The average Bonchev–Trinajstić information content (AvgIpc) is 3.10. The van der Waals surface area contributed by atoms with Gasteiger partial charge in [-0.1, -0.05) is 11.8 Å². The van der Waals surface area contributed by atoms with Gasteiger partial charge in [-0.25, -0.2) is 4.79 Å². The van der Waals surface area contributed by atoms with Crippen LogP contribution in [-0.4, -0.2) is 21.2 Å². The molecular formula is C14H15N3O3S. The largest absolute Gasteiger partial charge is 0.467 e. The van der Waals surface area contributed by atoms with Crippen molar-refractivity contribution in [2.24, 2.45) is 5.73 Å². The number of carbonyl (C=O) groups is 1. The van der Waals surface area contributed by atoms with E-state index < -0.39 is 5.91 Å². The molecule has 2 heterocycles. The molecule has 0 radical (unpaired) electrons. The number of furan rings is 1. The number of thioether (sulfide) groups is 1. The predicted octanol–water partition coefficient (Wildman–Crippen LogP) is 0.951. The SMILES string of the molecule is NC(=O)CSc1nc(=O)n(Cc2ccco2)c2c1CCC2. The molecule has 1 aliphatic rings. The first kappa shape index (κ1) is 13.9. The first-order valence-electron chi connectivity index (χ1n) is 6.71. The van der Waals surface area contributed by atoms with Gasteiger partial charge in [-0.05, 0) is 31.4 Å². The number of nitrogens with zero attached hydrogens (tertiary/aromatic N) is 2. The van der Waals surface area contributed by atoms with E-state index in [9.17, 15) is 9.59 Å². The van der Waals surface area contributed by atoms with Gasteiger partial charge < -0.3 is 10.2 Å². The predicted molar refractivity (Wildman–Crippen MR) is 78.3 cm³/mol. The van der Waals surface area contributed by atoms with E-state index in [-0.39, 0.29) is 11.4 Å². The van der Waals surface area contributed by atoms with Crippen molar-refractivity contribution >= 4 is 17.7 Å². The third-order valence-corrected chi connectivity index (χ3v) is 4.49. The highest BCUT2D eigenvalue weighted by Gasteiger charge is 2.22. The van der Waals surface area contributed by atoms with Crippen molar-refractivity contribution in [3.63, 3.8) is 0 Å². The minimum absolute atomic E-state index is 0.140. The lowest BCUT2D eigenvalue weighted by Crippen LogP contribution is -2.28. The van der Waals surface area contributed by atoms with Crippen LogP contribution in [0.2, 0.25) is 0 Å². The van der Waals surface area contributed by atoms with E-state index in [0.717, 1.165) is 36.3 Å². The van der Waals surface area contributed by atoms with E-state index in [1.54, 1.807) is 16.9 Å². The summed E-state index contributed by atoms with van der Waals surface area (Å²) in [6.45, 7) is 0.391. The lowest BCUT2D eigenvalue weighted by molar-refractivity contribution is -0.115. The second-order valence-corrected chi connectivity index (χ2v) is 5.86. The maximum atomic E-state index is 12.3. The van der Waals surface area contributed by atoms with Crippen molar-refractivity contribution < 1.29 is 9.21 Å². The van der Waals surface area contributed by atoms with Crippen molar-refractivity contribution in [2.75, 3.05) is 5.75 Å². The van der Waals surface area contributed by atoms with Gasteiger partial charge in [0.2, 0.25) is 5.91 Å². The third-order valence-electron chi connectivity index (χ3n) is 3.45. The quantitative estimate of drug-likeness (QED) is 0.656. The van der Waals surface area contributed by atoms with Gasteiger partial charge in [-0.3, -0.25) is 9.36 Å². The van der Waals surface area contributed by atoms with Gasteiger partial charge in [0.25, 0.3) is 0 Å². The number of amides is 1. The molecule has 2 aromatic rings. The van der Waals surface area contributed by atoms with Crippen LogP contribution < -0.4 is 11.4 Å². The van der Waals surface area contributed by atoms with Gasteiger partial charge in [-0.15, -0.1) is 0 Å². The Hall–Kier alpha value is -2.02. The highest BCUT2D eigenvalue weighted by atomic mass is 32.2. The fourth-order valence-electron chi connectivity index (χ4n) is 2.57. The molecule has 0 unspecified atom stereocenters. The normalized spacial score (nSPS) is 13.3. The van der Waals surface area contributed by atoms with Crippen LogP contribution in [0.15, 0.2) is 32.6 Å². The number of aromatic nitrogens is 2. The number of hydrogen-bond donors (Lipinski definition) is 1. The van der Waals surface area contributed by atoms with Gasteiger partial charge in [-0.2, -0.15) is 4.98 Å². The van der Waals surface area contributed by atoms with Gasteiger partial charge >= 0.3 is 5.69 Å². The maximum Gasteiger partial charge on any atom is 0.349 e. The van der Waals surface area contributed by atoms with E-state index in [0.29, 0.717) is 11.6 Å². The summed E-state index contributed by atoms with van der Waals surface area (Å²) in [5.41, 5.74) is 6.91. The van der Waals surface area contributed by atoms with Crippen LogP contribution in [0.5, 0.6) is 0 Å². The number of carbonyl (C=O) groups excluding carboxylic acids is 1. The number of primary amides is 1. The van der Waals surface area contributed by atoms with E-state index in [1.165, 1.54) is 11.8 Å². The fourth-order valence-corrected chi connectivity index (χ4v) is 3.38. The molecule has 0 fully saturated rings. The molecule has 2 aromatic heterocycles. The van der Waals surface area contributed by atoms with Gasteiger partial charge in [0.1, 0.15) is 10.8 Å². The molecule has 0 aliphatic heterocycles. The zero-order chi connectivity index (χ0) is 14.8. The highest BCUT2D eigenvalue weighted by Crippen LogP contribution is 2.29. The second-order valence-electron chi connectivity index (χ2n) is 4.90. The number of fused-ring (bicyclic) bond motifs is 1. The first-order valence-corrected chi connectivity index (χ1v) is 7.70. The van der Waals surface area contributed by atoms with Crippen molar-refractivity contribution in [1.82, 2.24) is 9.55 Å². The molecule has 7 heteroatoms. The summed E-state index contributed by atoms with van der Waals surface area (Å²) in [6, 6.07) is 3.63. The molecule has 0 saturated carbocycles. The van der Waals surface area contributed by atoms with E-state index in [2.05, 4.69) is 4.98 Å². The van der Waals surface area contributed by atoms with E-state index >= 15 is 0 Å². The first-order chi connectivity index (χ1) is 10.1. The smallest absolute Gasteiger partial charge is 0.349 e. The average molecular weight is 305 g/mol. The summed E-state index contributed by atoms with van der Waals surface area (Å²) in [5.74, 6) is 0.458. The zero-order valence-electron chi connectivity index (χ0n) is 11.4. The molecule has 1 aliphatic carbocycles. The summed E-state index contributed by atoms with van der Waals surface area (Å²) in [5, 5.41) is 0.641. The summed E-state index contributed by atoms with van der Waals surface area (Å²) in [6.07, 6.45) is 4.30. The lowest BCUT2D eigenvalue weighted by atomic mass is 10.2. The number of rotatable bonds is 5. The molecule has 110 valence electrons. The Balaban J connectivity index is 1.97. The number of nitrogens with two attached hydrogens (primary N) is 1. The van der Waals surface area contributed by atoms with Crippen LogP contribution in [-0.2, 0) is 24.2 Å². The summed E-state index contributed by atoms with van der Waals surface area (Å²) >= 11 is 1.24. The van der Waals surface area contributed by atoms with Crippen molar-refractivity contribution in [2.45, 2.75) is 30.8 Å². The number of hydrogen-bond acceptors (Lipinski definition) is 5. The Morgan fingerprint density at radius 1 is 1.48 bits per heavy atom. The fraction of sp³-hybridized carbons (Fsp3) is 0.357. The topological polar surface area (TPSA) is 91.1 Å². The van der Waals surface area contributed by atoms with Crippen LogP contribution in [0.3, 0.4) is 0 Å². The molecule has 0 aromatic carbocycles. The molecular weight excluding hydrogens is 290 g/mol. The van der Waals surface area contributed by atoms with Gasteiger partial charge in [0.15, 0.2) is 0 Å². The van der Waals surface area contributed by atoms with Crippen LogP contribution in [0, 0.1) is 0 Å². The summed E-state index contributed by atoms with van der Waals surface area (Å²) in [7, 11) is 0. The zero-order valence-corrected chi connectivity index (χ0v) is 12.2. The Bertz CT molecular complexity index is 722. The molecule has 0 saturated heterocycles. The van der Waals surface area contributed by atoms with Crippen LogP contribution in [0.1, 0.15) is 23.4 Å². The minimum Gasteiger partial charge on any atom is -0.467 e. The Morgan fingerprint density at radius 3 is 3.05 bits per heavy atom. The van der Waals surface area contributed by atoms with E-state index in [1.807, 2.05) is 6.07 Å². The molecule has 0 atom stereocenters. The Kier molecular flexibility index (Phi) is 3.83. The molecule has 21 heavy (non-hydrogen) atoms. The highest BCUT2D eigenvalue weighted by molar-refractivity contribution is 7.99. The van der Waals surface area contributed by atoms with Gasteiger partial charge in [0, 0.05) is 11.3 Å². The molecule has 6 nitrogen and oxygen atoms in total. The summed E-state index contributed by atoms with van der Waals surface area (Å²) < 4.78 is 6.97. The molecule has 0 bridgehead atoms. The second kappa shape index (κ2) is 5.77. The third kappa shape index (κ3) is 2.87. The van der Waals surface area contributed by atoms with Crippen molar-refractivity contribution in [3.05, 3.63) is 45.9 Å². The molecule has 1 amide bonds. The minimum atomic E-state index is -0.409. The molecule has 2 N–H and O–H groups in total. The lowest BCUT2D eigenvalue weighted by Gasteiger charge is -2.12. The van der Waals surface area contributed by atoms with Crippen LogP contribution in [0.25, 0.3) is 0 Å². The Morgan fingerprint density at radius 2 is 2.33 bits per heavy atom. The summed E-state index contributed by atoms with van der Waals surface area (Å²) in [4.78, 5) is 27.3. The van der Waals surface area contributed by atoms with Crippen LogP contribution >= 0.6 is 11.8 Å². The van der Waals surface area contributed by atoms with Crippen LogP contribution in [0.4, 0.5) is 0 Å². The van der Waals surface area contributed by atoms with Crippen molar-refractivity contribution in [1.29, 1.82) is 0 Å². The monoisotopic (exact) mass is 305 g/mol. The van der Waals surface area contributed by atoms with E-state index in [4.69, 9.17) is 10.2 Å². The maximum absolute atomic E-state index is 12.3. The Labute approximate surface area is 125 Å². The molecule has 3 rings (SSSR count).